The van der Waals surface area contributed by atoms with Crippen LogP contribution in [0, 0.1) is 0 Å². The highest BCUT2D eigenvalue weighted by Gasteiger charge is 1.32. The van der Waals surface area contributed by atoms with Crippen LogP contribution in [-0.2, 0) is 25.0 Å². The molecule has 0 amide bonds. The Balaban J connectivity index is 0. The highest BCUT2D eigenvalue weighted by molar-refractivity contribution is 8.18. The third-order valence-electron chi connectivity index (χ3n) is 0. The number of hydrogen-bond donors (Lipinski definition) is 2. The molecule has 0 fully saturated rings. The lowest BCUT2D eigenvalue weighted by atomic mass is 10.8. The summed E-state index contributed by atoms with van der Waals surface area (Å²) in [5, 5.41) is 0. The van der Waals surface area contributed by atoms with Gasteiger partial charge in [-0.1, -0.05) is 16.6 Å². The third-order valence-corrected chi connectivity index (χ3v) is 0. The zero-order valence-corrected chi connectivity index (χ0v) is 5.59. The molecule has 0 aliphatic carbocycles. The Kier molecular flexibility index (Phi) is 14.1. The Morgan fingerprint density at radius 1 is 2.00 bits per heavy atom. The average molecular weight is 142 g/mol. The molecule has 0 aromatic heterocycles. The van der Waals surface area contributed by atoms with Gasteiger partial charge in [-0.05, 0) is 6.54 Å². The molecule has 3 N–H and O–H groups in total. The molecular formula is C2H8NO2S2-. The van der Waals surface area contributed by atoms with Crippen LogP contribution in [-0.4, -0.2) is 11.1 Å². The smallest absolute Gasteiger partial charge is 0.0106 e. The number of rotatable bonds is 0. The lowest BCUT2D eigenvalue weighted by Gasteiger charge is -1.66. The van der Waals surface area contributed by atoms with Crippen molar-refractivity contribution < 1.29 is 8.76 Å². The van der Waals surface area contributed by atoms with E-state index in [1.165, 1.54) is 0 Å². The predicted molar refractivity (Wildman–Crippen MR) is 32.8 cm³/mol. The topological polar surface area (TPSA) is 63.3 Å². The molecular weight excluding hydrogens is 134 g/mol. The second-order valence-electron chi connectivity index (χ2n) is 0.625. The van der Waals surface area contributed by atoms with Gasteiger partial charge in [0.05, 0.1) is 0 Å². The fraction of sp³-hybridized carbons (Fsp3) is 1.00. The summed E-state index contributed by atoms with van der Waals surface area (Å²) >= 11 is 3.65. The van der Waals surface area contributed by atoms with Crippen molar-refractivity contribution in [3.8, 4) is 0 Å². The summed E-state index contributed by atoms with van der Waals surface area (Å²) in [6.45, 7) is 2.65. The Hall–Kier alpha value is 0.290. The van der Waals surface area contributed by atoms with Crippen LogP contribution in [0.2, 0.25) is 0 Å². The van der Waals surface area contributed by atoms with Crippen LogP contribution >= 0.6 is 0 Å². The van der Waals surface area contributed by atoms with Gasteiger partial charge < -0.3 is 14.5 Å². The van der Waals surface area contributed by atoms with E-state index >= 15 is 0 Å². The largest absolute Gasteiger partial charge is 0.459 e. The molecule has 0 radical (unpaired) electrons. The number of nitrogens with two attached hydrogens (primary N) is 1. The monoisotopic (exact) mass is 142 g/mol. The maximum absolute atomic E-state index is 8.93. The minimum Gasteiger partial charge on any atom is -0.459 e. The third kappa shape index (κ3) is 1380. The lowest BCUT2D eigenvalue weighted by Crippen LogP contribution is -1.87. The van der Waals surface area contributed by atoms with E-state index in [0.29, 0.717) is 0 Å². The van der Waals surface area contributed by atoms with Gasteiger partial charge in [-0.2, -0.15) is 0 Å². The molecule has 0 aliphatic rings. The number of hydrogen-bond acceptors (Lipinski definition) is 4. The second-order valence-corrected chi connectivity index (χ2v) is 1.92. The minimum atomic E-state index is -2.03. The molecule has 5 heteroatoms. The Morgan fingerprint density at radius 2 is 2.00 bits per heavy atom. The standard InChI is InChI=1S/C2H7N.HO2S2/c1-2-3;1-4(2)3/h2-3H2,1H3;(H,1,2,3)/q;-1. The normalized spacial score (nSPS) is 7.43. The predicted octanol–water partition coefficient (Wildman–Crippen LogP) is -0.150. The lowest BCUT2D eigenvalue weighted by molar-refractivity contribution is 0.536. The van der Waals surface area contributed by atoms with Crippen molar-refractivity contribution in [2.24, 2.45) is 5.73 Å². The van der Waals surface area contributed by atoms with Crippen LogP contribution in [0.25, 0.3) is 0 Å². The molecule has 0 rings (SSSR count). The zero-order valence-electron chi connectivity index (χ0n) is 3.96. The van der Waals surface area contributed by atoms with Crippen molar-refractivity contribution in [3.63, 3.8) is 0 Å². The van der Waals surface area contributed by atoms with Crippen LogP contribution < -0.4 is 5.73 Å². The zero-order chi connectivity index (χ0) is 6.28. The molecule has 0 bridgehead atoms. The quantitative estimate of drug-likeness (QED) is 0.365. The fourth-order valence-corrected chi connectivity index (χ4v) is 0. The summed E-state index contributed by atoms with van der Waals surface area (Å²) in [5.74, 6) is 0. The second kappa shape index (κ2) is 9.56. The van der Waals surface area contributed by atoms with E-state index in [9.17, 15) is 0 Å². The molecule has 0 aliphatic heterocycles. The summed E-state index contributed by atoms with van der Waals surface area (Å²) in [6, 6.07) is 0. The molecule has 46 valence electrons. The van der Waals surface area contributed by atoms with E-state index in [0.717, 1.165) is 6.54 Å². The van der Waals surface area contributed by atoms with Crippen LogP contribution in [0.1, 0.15) is 6.92 Å². The van der Waals surface area contributed by atoms with Crippen LogP contribution in [0.3, 0.4) is 0 Å². The van der Waals surface area contributed by atoms with Gasteiger partial charge in [0.2, 0.25) is 0 Å². The van der Waals surface area contributed by atoms with Crippen LogP contribution in [0.4, 0.5) is 0 Å². The highest BCUT2D eigenvalue weighted by atomic mass is 32.8. The maximum Gasteiger partial charge on any atom is -0.0106 e. The first-order valence-corrected chi connectivity index (χ1v) is 3.66. The summed E-state index contributed by atoms with van der Waals surface area (Å²) in [5.41, 5.74) is 4.85. The van der Waals surface area contributed by atoms with Crippen molar-refractivity contribution in [1.82, 2.24) is 0 Å². The molecule has 0 aromatic carbocycles. The van der Waals surface area contributed by atoms with Crippen molar-refractivity contribution >= 4 is 20.8 Å². The van der Waals surface area contributed by atoms with Gasteiger partial charge in [0.1, 0.15) is 0 Å². The van der Waals surface area contributed by atoms with Gasteiger partial charge in [-0.15, -0.1) is 0 Å². The van der Waals surface area contributed by atoms with Crippen molar-refractivity contribution in [3.05, 3.63) is 0 Å². The summed E-state index contributed by atoms with van der Waals surface area (Å²) < 4.78 is 16.3. The van der Waals surface area contributed by atoms with E-state index in [1.54, 1.807) is 0 Å². The van der Waals surface area contributed by atoms with Crippen LogP contribution in [0.5, 0.6) is 0 Å². The molecule has 7 heavy (non-hydrogen) atoms. The molecule has 0 heterocycles. The molecule has 0 aromatic rings. The van der Waals surface area contributed by atoms with Crippen molar-refractivity contribution in [1.29, 1.82) is 0 Å². The molecule has 0 saturated heterocycles. The molecule has 0 atom stereocenters. The van der Waals surface area contributed by atoms with E-state index in [-0.39, 0.29) is 0 Å². The highest BCUT2D eigenvalue weighted by Crippen LogP contribution is 1.33. The van der Waals surface area contributed by atoms with Gasteiger partial charge in [0.15, 0.2) is 0 Å². The van der Waals surface area contributed by atoms with E-state index in [2.05, 4.69) is 11.2 Å². The Morgan fingerprint density at radius 3 is 2.00 bits per heavy atom. The Bertz CT molecular complexity index is 71.8. The minimum absolute atomic E-state index is 0.750. The van der Waals surface area contributed by atoms with E-state index in [4.69, 9.17) is 14.5 Å². The van der Waals surface area contributed by atoms with Crippen molar-refractivity contribution in [2.45, 2.75) is 6.92 Å². The maximum atomic E-state index is 8.93. The van der Waals surface area contributed by atoms with Gasteiger partial charge in [-0.25, -0.2) is 11.2 Å². The first-order valence-electron chi connectivity index (χ1n) is 1.63. The van der Waals surface area contributed by atoms with Gasteiger partial charge in [0, 0.05) is 0 Å². The van der Waals surface area contributed by atoms with E-state index in [1.807, 2.05) is 6.92 Å². The van der Waals surface area contributed by atoms with Crippen molar-refractivity contribution in [2.75, 3.05) is 6.54 Å². The SMILES string of the molecule is CCN.O=[S-](O)=S. The summed E-state index contributed by atoms with van der Waals surface area (Å²) in [7, 11) is -2.03. The summed E-state index contributed by atoms with van der Waals surface area (Å²) in [4.78, 5) is 0. The van der Waals surface area contributed by atoms with Gasteiger partial charge >= 0.3 is 0 Å². The molecule has 0 saturated carbocycles. The van der Waals surface area contributed by atoms with Crippen LogP contribution in [0.15, 0.2) is 0 Å². The molecule has 0 unspecified atom stereocenters. The first-order chi connectivity index (χ1) is 3.15. The molecule has 3 nitrogen and oxygen atoms in total. The van der Waals surface area contributed by atoms with Gasteiger partial charge in [0.25, 0.3) is 0 Å². The first kappa shape index (κ1) is 10.3. The van der Waals surface area contributed by atoms with Gasteiger partial charge in [-0.3, -0.25) is 0 Å². The fourth-order valence-electron chi connectivity index (χ4n) is 0. The molecule has 0 spiro atoms. The summed E-state index contributed by atoms with van der Waals surface area (Å²) in [6.07, 6.45) is 0. The Labute approximate surface area is 49.4 Å². The average Bonchev–Trinajstić information content (AvgIpc) is 1.33. The van der Waals surface area contributed by atoms with E-state index < -0.39 is 9.64 Å².